The molecule has 0 spiro atoms. The lowest BCUT2D eigenvalue weighted by Gasteiger charge is -2.22. The zero-order valence-corrected chi connectivity index (χ0v) is 11.7. The number of rotatable bonds is 7. The molecular weight excluding hydrogens is 238 g/mol. The second-order valence-corrected chi connectivity index (χ2v) is 6.64. The summed E-state index contributed by atoms with van der Waals surface area (Å²) < 4.78 is 26.3. The van der Waals surface area contributed by atoms with Gasteiger partial charge in [-0.25, -0.2) is 13.1 Å². The highest BCUT2D eigenvalue weighted by atomic mass is 32.2. The van der Waals surface area contributed by atoms with Crippen molar-refractivity contribution in [2.75, 3.05) is 45.5 Å². The van der Waals surface area contributed by atoms with Crippen LogP contribution >= 0.6 is 0 Å². The van der Waals surface area contributed by atoms with Gasteiger partial charge in [0.1, 0.15) is 0 Å². The van der Waals surface area contributed by atoms with E-state index in [1.807, 2.05) is 7.05 Å². The van der Waals surface area contributed by atoms with Gasteiger partial charge in [0, 0.05) is 13.1 Å². The molecule has 1 aliphatic rings. The normalized spacial score (nSPS) is 21.9. The molecule has 6 heteroatoms. The molecule has 0 aliphatic carbocycles. The topological polar surface area (TPSA) is 61.4 Å². The number of nitrogens with zero attached hydrogens (tertiary/aromatic N) is 1. The fourth-order valence-electron chi connectivity index (χ4n) is 1.99. The molecule has 0 bridgehead atoms. The van der Waals surface area contributed by atoms with Crippen molar-refractivity contribution in [2.45, 2.75) is 19.8 Å². The standard InChI is InChI=1S/C11H25N3O2S/c1-3-14(2)8-7-13-17(15,16)10-11-5-4-6-12-9-11/h11-13H,3-10H2,1-2H3. The van der Waals surface area contributed by atoms with Gasteiger partial charge in [-0.05, 0) is 45.4 Å². The van der Waals surface area contributed by atoms with Gasteiger partial charge in [0.25, 0.3) is 0 Å². The summed E-state index contributed by atoms with van der Waals surface area (Å²) >= 11 is 0. The van der Waals surface area contributed by atoms with Crippen molar-refractivity contribution in [3.05, 3.63) is 0 Å². The third kappa shape index (κ3) is 6.35. The van der Waals surface area contributed by atoms with Crippen LogP contribution in [0.4, 0.5) is 0 Å². The van der Waals surface area contributed by atoms with E-state index in [1.54, 1.807) is 0 Å². The van der Waals surface area contributed by atoms with Crippen molar-refractivity contribution < 1.29 is 8.42 Å². The summed E-state index contributed by atoms with van der Waals surface area (Å²) in [6.45, 7) is 6.11. The van der Waals surface area contributed by atoms with Gasteiger partial charge in [-0.1, -0.05) is 6.92 Å². The first-order valence-electron chi connectivity index (χ1n) is 6.40. The lowest BCUT2D eigenvalue weighted by atomic mass is 10.0. The van der Waals surface area contributed by atoms with E-state index < -0.39 is 10.0 Å². The van der Waals surface area contributed by atoms with Crippen LogP contribution in [0.5, 0.6) is 0 Å². The summed E-state index contributed by atoms with van der Waals surface area (Å²) in [5.74, 6) is 0.528. The van der Waals surface area contributed by atoms with Gasteiger partial charge in [-0.2, -0.15) is 0 Å². The van der Waals surface area contributed by atoms with Crippen molar-refractivity contribution in [1.29, 1.82) is 0 Å². The maximum Gasteiger partial charge on any atom is 0.211 e. The van der Waals surface area contributed by atoms with E-state index in [0.29, 0.717) is 6.54 Å². The summed E-state index contributed by atoms with van der Waals surface area (Å²) in [5.41, 5.74) is 0. The molecule has 1 unspecified atom stereocenters. The van der Waals surface area contributed by atoms with Crippen molar-refractivity contribution in [3.8, 4) is 0 Å². The van der Waals surface area contributed by atoms with E-state index in [1.165, 1.54) is 0 Å². The zero-order chi connectivity index (χ0) is 12.7. The monoisotopic (exact) mass is 263 g/mol. The number of likely N-dealkylation sites (N-methyl/N-ethyl adjacent to an activating group) is 1. The molecule has 0 aromatic carbocycles. The van der Waals surface area contributed by atoms with Gasteiger partial charge < -0.3 is 10.2 Å². The fourth-order valence-corrected chi connectivity index (χ4v) is 3.41. The van der Waals surface area contributed by atoms with Gasteiger partial charge in [0.2, 0.25) is 10.0 Å². The van der Waals surface area contributed by atoms with Gasteiger partial charge in [0.05, 0.1) is 5.75 Å². The third-order valence-electron chi connectivity index (χ3n) is 3.21. The Morgan fingerprint density at radius 1 is 1.47 bits per heavy atom. The second kappa shape index (κ2) is 7.31. The Kier molecular flexibility index (Phi) is 6.40. The van der Waals surface area contributed by atoms with E-state index in [0.717, 1.165) is 39.0 Å². The van der Waals surface area contributed by atoms with E-state index in [4.69, 9.17) is 0 Å². The fraction of sp³-hybridized carbons (Fsp3) is 1.00. The minimum absolute atomic E-state index is 0.260. The molecule has 17 heavy (non-hydrogen) atoms. The van der Waals surface area contributed by atoms with Crippen LogP contribution < -0.4 is 10.0 Å². The minimum atomic E-state index is -3.10. The summed E-state index contributed by atoms with van der Waals surface area (Å²) in [4.78, 5) is 2.09. The summed E-state index contributed by atoms with van der Waals surface area (Å²) in [7, 11) is -1.12. The van der Waals surface area contributed by atoms with Crippen LogP contribution in [0.15, 0.2) is 0 Å². The molecule has 0 saturated carbocycles. The molecule has 1 rings (SSSR count). The highest BCUT2D eigenvalue weighted by Crippen LogP contribution is 2.11. The quantitative estimate of drug-likeness (QED) is 0.671. The SMILES string of the molecule is CCN(C)CCNS(=O)(=O)CC1CCCNC1. The minimum Gasteiger partial charge on any atom is -0.316 e. The predicted octanol–water partition coefficient (Wildman–Crippen LogP) is -0.143. The lowest BCUT2D eigenvalue weighted by Crippen LogP contribution is -2.39. The van der Waals surface area contributed by atoms with Crippen LogP contribution in [0, 0.1) is 5.92 Å². The van der Waals surface area contributed by atoms with Gasteiger partial charge in [-0.3, -0.25) is 0 Å². The molecular formula is C11H25N3O2S. The number of piperidine rings is 1. The van der Waals surface area contributed by atoms with Crippen LogP contribution in [0.25, 0.3) is 0 Å². The molecule has 1 saturated heterocycles. The van der Waals surface area contributed by atoms with Crippen LogP contribution in [-0.4, -0.2) is 58.8 Å². The second-order valence-electron chi connectivity index (χ2n) is 4.78. The lowest BCUT2D eigenvalue weighted by molar-refractivity contribution is 0.357. The highest BCUT2D eigenvalue weighted by molar-refractivity contribution is 7.89. The maximum atomic E-state index is 11.8. The third-order valence-corrected chi connectivity index (χ3v) is 4.76. The number of nitrogens with one attached hydrogen (secondary N) is 2. The molecule has 102 valence electrons. The zero-order valence-electron chi connectivity index (χ0n) is 10.9. The first-order chi connectivity index (χ1) is 8.03. The predicted molar refractivity (Wildman–Crippen MR) is 70.6 cm³/mol. The first kappa shape index (κ1) is 14.9. The summed E-state index contributed by atoms with van der Waals surface area (Å²) in [6.07, 6.45) is 2.10. The van der Waals surface area contributed by atoms with Crippen molar-refractivity contribution >= 4 is 10.0 Å². The molecule has 0 amide bonds. The van der Waals surface area contributed by atoms with Crippen molar-refractivity contribution in [3.63, 3.8) is 0 Å². The van der Waals surface area contributed by atoms with Gasteiger partial charge >= 0.3 is 0 Å². The van der Waals surface area contributed by atoms with Crippen LogP contribution in [0.1, 0.15) is 19.8 Å². The Balaban J connectivity index is 2.25. The molecule has 0 aromatic heterocycles. The molecule has 1 aliphatic heterocycles. The smallest absolute Gasteiger partial charge is 0.211 e. The van der Waals surface area contributed by atoms with Crippen LogP contribution in [-0.2, 0) is 10.0 Å². The summed E-state index contributed by atoms with van der Waals surface area (Å²) in [5, 5.41) is 3.24. The van der Waals surface area contributed by atoms with E-state index in [9.17, 15) is 8.42 Å². The number of hydrogen-bond donors (Lipinski definition) is 2. The van der Waals surface area contributed by atoms with Gasteiger partial charge in [-0.15, -0.1) is 0 Å². The average molecular weight is 263 g/mol. The maximum absolute atomic E-state index is 11.8. The molecule has 2 N–H and O–H groups in total. The average Bonchev–Trinajstić information content (AvgIpc) is 2.29. The Labute approximate surface area is 105 Å². The molecule has 1 heterocycles. The molecule has 0 radical (unpaired) electrons. The largest absolute Gasteiger partial charge is 0.316 e. The molecule has 0 aromatic rings. The van der Waals surface area contributed by atoms with E-state index in [2.05, 4.69) is 21.9 Å². The number of hydrogen-bond acceptors (Lipinski definition) is 4. The Morgan fingerprint density at radius 2 is 2.24 bits per heavy atom. The summed E-state index contributed by atoms with van der Waals surface area (Å²) in [6, 6.07) is 0. The van der Waals surface area contributed by atoms with Crippen molar-refractivity contribution in [1.82, 2.24) is 14.9 Å². The molecule has 1 fully saturated rings. The Bertz CT molecular complexity index is 300. The molecule has 1 atom stereocenters. The molecule has 5 nitrogen and oxygen atoms in total. The Hall–Kier alpha value is -0.170. The van der Waals surface area contributed by atoms with E-state index in [-0.39, 0.29) is 11.7 Å². The van der Waals surface area contributed by atoms with Crippen LogP contribution in [0.3, 0.4) is 0 Å². The van der Waals surface area contributed by atoms with Crippen LogP contribution in [0.2, 0.25) is 0 Å². The highest BCUT2D eigenvalue weighted by Gasteiger charge is 2.20. The first-order valence-corrected chi connectivity index (χ1v) is 8.05. The van der Waals surface area contributed by atoms with Crippen molar-refractivity contribution in [2.24, 2.45) is 5.92 Å². The number of sulfonamides is 1. The Morgan fingerprint density at radius 3 is 2.82 bits per heavy atom. The van der Waals surface area contributed by atoms with Gasteiger partial charge in [0.15, 0.2) is 0 Å². The van der Waals surface area contributed by atoms with E-state index >= 15 is 0 Å².